The third kappa shape index (κ3) is 3.64. The Morgan fingerprint density at radius 2 is 2.19 bits per heavy atom. The van der Waals surface area contributed by atoms with Gasteiger partial charge < -0.3 is 16.8 Å². The quantitative estimate of drug-likeness (QED) is 0.730. The predicted molar refractivity (Wildman–Crippen MR) is 78.7 cm³/mol. The summed E-state index contributed by atoms with van der Waals surface area (Å²) in [4.78, 5) is 23.1. The number of carbonyl (C=O) groups is 2. The topological polar surface area (TPSA) is 129 Å². The second kappa shape index (κ2) is 5.62. The van der Waals surface area contributed by atoms with E-state index in [1.54, 1.807) is 31.5 Å². The van der Waals surface area contributed by atoms with Crippen LogP contribution in [0.2, 0.25) is 0 Å². The average Bonchev–Trinajstić information content (AvgIpc) is 2.96. The van der Waals surface area contributed by atoms with Crippen molar-refractivity contribution < 1.29 is 9.59 Å². The Hall–Kier alpha value is -2.26. The van der Waals surface area contributed by atoms with Crippen LogP contribution in [0.15, 0.2) is 17.6 Å². The second-order valence-electron chi connectivity index (χ2n) is 5.10. The first-order chi connectivity index (χ1) is 9.77. The fraction of sp³-hybridized carbons (Fsp3) is 0.333. The van der Waals surface area contributed by atoms with Crippen molar-refractivity contribution in [3.8, 4) is 0 Å². The molecule has 2 heterocycles. The average molecular weight is 308 g/mol. The van der Waals surface area contributed by atoms with Crippen molar-refractivity contribution in [1.29, 1.82) is 0 Å². The van der Waals surface area contributed by atoms with Gasteiger partial charge in [-0.2, -0.15) is 0 Å². The van der Waals surface area contributed by atoms with E-state index in [0.717, 1.165) is 0 Å². The number of rotatable bonds is 5. The summed E-state index contributed by atoms with van der Waals surface area (Å²) in [6.07, 6.45) is 1.61. The van der Waals surface area contributed by atoms with Crippen LogP contribution in [-0.2, 0) is 16.9 Å². The summed E-state index contributed by atoms with van der Waals surface area (Å²) >= 11 is 1.23. The molecule has 0 aliphatic carbocycles. The van der Waals surface area contributed by atoms with E-state index >= 15 is 0 Å². The number of anilines is 1. The van der Waals surface area contributed by atoms with Crippen LogP contribution in [0.25, 0.3) is 0 Å². The number of aromatic nitrogens is 3. The molecule has 2 amide bonds. The van der Waals surface area contributed by atoms with Crippen LogP contribution in [0.4, 0.5) is 5.00 Å². The maximum atomic E-state index is 11.9. The summed E-state index contributed by atoms with van der Waals surface area (Å²) in [6, 6.07) is 1.56. The van der Waals surface area contributed by atoms with Crippen molar-refractivity contribution in [2.24, 2.45) is 11.5 Å². The minimum atomic E-state index is -0.623. The van der Waals surface area contributed by atoms with Crippen molar-refractivity contribution in [2.75, 3.05) is 5.32 Å². The van der Waals surface area contributed by atoms with Crippen LogP contribution in [0.5, 0.6) is 0 Å². The third-order valence-electron chi connectivity index (χ3n) is 2.69. The Labute approximate surface area is 125 Å². The summed E-state index contributed by atoms with van der Waals surface area (Å²) in [6.45, 7) is 3.57. The maximum Gasteiger partial charge on any atom is 0.251 e. The fourth-order valence-corrected chi connectivity index (χ4v) is 2.39. The fourth-order valence-electron chi connectivity index (χ4n) is 1.58. The van der Waals surface area contributed by atoms with Gasteiger partial charge in [0.2, 0.25) is 5.91 Å². The molecule has 0 saturated heterocycles. The van der Waals surface area contributed by atoms with Gasteiger partial charge >= 0.3 is 0 Å². The Kier molecular flexibility index (Phi) is 4.05. The number of carbonyl (C=O) groups excluding carboxylic acids is 2. The highest BCUT2D eigenvalue weighted by Gasteiger charge is 2.19. The Balaban J connectivity index is 2.03. The lowest BCUT2D eigenvalue weighted by molar-refractivity contribution is -0.116. The van der Waals surface area contributed by atoms with Crippen LogP contribution in [-0.4, -0.2) is 26.8 Å². The summed E-state index contributed by atoms with van der Waals surface area (Å²) in [5.74, 6) is -0.911. The van der Waals surface area contributed by atoms with E-state index in [1.807, 2.05) is 0 Å². The zero-order chi connectivity index (χ0) is 15.6. The standard InChI is InChI=1S/C12H16N6O2S/c1-12(2,14)8-5-18(17-16-8)6-9(19)15-11-7(10(13)20)3-4-21-11/h3-5H,6,14H2,1-2H3,(H2,13,20)(H,15,19). The first-order valence-electron chi connectivity index (χ1n) is 6.14. The molecule has 0 fully saturated rings. The van der Waals surface area contributed by atoms with Gasteiger partial charge in [0.1, 0.15) is 17.2 Å². The van der Waals surface area contributed by atoms with Crippen molar-refractivity contribution in [3.05, 3.63) is 28.9 Å². The molecule has 0 saturated carbocycles. The van der Waals surface area contributed by atoms with Crippen LogP contribution in [0.3, 0.4) is 0 Å². The largest absolute Gasteiger partial charge is 0.366 e. The zero-order valence-corrected chi connectivity index (χ0v) is 12.5. The smallest absolute Gasteiger partial charge is 0.251 e. The van der Waals surface area contributed by atoms with E-state index < -0.39 is 11.4 Å². The molecule has 2 aromatic rings. The third-order valence-corrected chi connectivity index (χ3v) is 3.52. The van der Waals surface area contributed by atoms with Gasteiger partial charge in [0.15, 0.2) is 0 Å². The molecule has 0 aromatic carbocycles. The molecule has 0 aliphatic rings. The highest BCUT2D eigenvalue weighted by Crippen LogP contribution is 2.22. The number of hydrogen-bond acceptors (Lipinski definition) is 6. The van der Waals surface area contributed by atoms with Gasteiger partial charge in [0.25, 0.3) is 5.91 Å². The minimum absolute atomic E-state index is 0.0286. The van der Waals surface area contributed by atoms with Gasteiger partial charge in [-0.1, -0.05) is 5.21 Å². The van der Waals surface area contributed by atoms with Gasteiger partial charge in [-0.3, -0.25) is 9.59 Å². The highest BCUT2D eigenvalue weighted by atomic mass is 32.1. The summed E-state index contributed by atoms with van der Waals surface area (Å²) in [7, 11) is 0. The zero-order valence-electron chi connectivity index (χ0n) is 11.7. The lowest BCUT2D eigenvalue weighted by atomic mass is 10.0. The van der Waals surface area contributed by atoms with Gasteiger partial charge in [0, 0.05) is 0 Å². The first kappa shape index (κ1) is 15.1. The molecular formula is C12H16N6O2S. The van der Waals surface area contributed by atoms with Crippen LogP contribution in [0.1, 0.15) is 29.9 Å². The lowest BCUT2D eigenvalue weighted by Crippen LogP contribution is -2.29. The molecule has 0 atom stereocenters. The van der Waals surface area contributed by atoms with Gasteiger partial charge in [-0.05, 0) is 25.3 Å². The van der Waals surface area contributed by atoms with E-state index in [-0.39, 0.29) is 18.0 Å². The van der Waals surface area contributed by atoms with Gasteiger partial charge in [-0.25, -0.2) is 4.68 Å². The predicted octanol–water partition coefficient (Wildman–Crippen LogP) is 0.271. The number of nitrogens with one attached hydrogen (secondary N) is 1. The van der Waals surface area contributed by atoms with E-state index in [2.05, 4.69) is 15.6 Å². The molecule has 0 spiro atoms. The van der Waals surface area contributed by atoms with Gasteiger partial charge in [-0.15, -0.1) is 16.4 Å². The molecule has 2 aromatic heterocycles. The molecule has 5 N–H and O–H groups in total. The van der Waals surface area contributed by atoms with Crippen molar-refractivity contribution in [1.82, 2.24) is 15.0 Å². The van der Waals surface area contributed by atoms with Gasteiger partial charge in [0.05, 0.1) is 17.3 Å². The molecule has 8 nitrogen and oxygen atoms in total. The van der Waals surface area contributed by atoms with Crippen molar-refractivity contribution in [2.45, 2.75) is 25.9 Å². The van der Waals surface area contributed by atoms with Crippen LogP contribution in [0, 0.1) is 0 Å². The molecule has 0 bridgehead atoms. The summed E-state index contributed by atoms with van der Waals surface area (Å²) in [5, 5.41) is 12.5. The monoisotopic (exact) mass is 308 g/mol. The molecule has 21 heavy (non-hydrogen) atoms. The molecule has 9 heteroatoms. The molecule has 0 aliphatic heterocycles. The number of nitrogens with two attached hydrogens (primary N) is 2. The molecule has 0 unspecified atom stereocenters. The Morgan fingerprint density at radius 3 is 2.76 bits per heavy atom. The van der Waals surface area contributed by atoms with E-state index in [4.69, 9.17) is 11.5 Å². The van der Waals surface area contributed by atoms with Crippen molar-refractivity contribution >= 4 is 28.2 Å². The summed E-state index contributed by atoms with van der Waals surface area (Å²) < 4.78 is 1.39. The highest BCUT2D eigenvalue weighted by molar-refractivity contribution is 7.14. The Morgan fingerprint density at radius 1 is 1.48 bits per heavy atom. The molecule has 0 radical (unpaired) electrons. The number of nitrogens with zero attached hydrogens (tertiary/aromatic N) is 3. The number of thiophene rings is 1. The minimum Gasteiger partial charge on any atom is -0.366 e. The molecule has 2 rings (SSSR count). The van der Waals surface area contributed by atoms with E-state index in [0.29, 0.717) is 10.7 Å². The number of hydrogen-bond donors (Lipinski definition) is 3. The maximum absolute atomic E-state index is 11.9. The first-order valence-corrected chi connectivity index (χ1v) is 7.02. The van der Waals surface area contributed by atoms with Crippen LogP contribution >= 0.6 is 11.3 Å². The summed E-state index contributed by atoms with van der Waals surface area (Å²) in [5.41, 5.74) is 11.4. The van der Waals surface area contributed by atoms with Crippen molar-refractivity contribution in [3.63, 3.8) is 0 Å². The molecular weight excluding hydrogens is 292 g/mol. The second-order valence-corrected chi connectivity index (χ2v) is 6.01. The van der Waals surface area contributed by atoms with E-state index in [1.165, 1.54) is 16.0 Å². The number of amides is 2. The van der Waals surface area contributed by atoms with E-state index in [9.17, 15) is 9.59 Å². The lowest BCUT2D eigenvalue weighted by Gasteiger charge is -2.13. The SMILES string of the molecule is CC(C)(N)c1cn(CC(=O)Nc2sccc2C(N)=O)nn1. The Bertz CT molecular complexity index is 669. The molecule has 112 valence electrons. The normalized spacial score (nSPS) is 11.4. The number of primary amides is 1. The van der Waals surface area contributed by atoms with Crippen LogP contribution < -0.4 is 16.8 Å².